The quantitative estimate of drug-likeness (QED) is 0.823. The standard InChI is InChI=1S/C12H9F3N2O4S/c13-12(14,15)21-9-3-1-2-7(11(18)19)8(9)6-20-10-4-5-17(22)16-10/h1-5,22H,6H2,(H,18,19). The van der Waals surface area contributed by atoms with Gasteiger partial charge in [0.15, 0.2) is 0 Å². The average molecular weight is 334 g/mol. The van der Waals surface area contributed by atoms with Crippen LogP contribution in [0.25, 0.3) is 0 Å². The van der Waals surface area contributed by atoms with Crippen molar-refractivity contribution in [1.29, 1.82) is 0 Å². The van der Waals surface area contributed by atoms with Crippen molar-refractivity contribution in [3.05, 3.63) is 41.6 Å². The lowest BCUT2D eigenvalue weighted by Crippen LogP contribution is -2.19. The van der Waals surface area contributed by atoms with Crippen LogP contribution in [0.4, 0.5) is 13.2 Å². The van der Waals surface area contributed by atoms with Crippen LogP contribution in [0.1, 0.15) is 15.9 Å². The molecule has 6 nitrogen and oxygen atoms in total. The van der Waals surface area contributed by atoms with E-state index in [9.17, 15) is 18.0 Å². The Kier molecular flexibility index (Phi) is 4.50. The fourth-order valence-electron chi connectivity index (χ4n) is 1.66. The molecule has 0 unspecified atom stereocenters. The van der Waals surface area contributed by atoms with Crippen molar-refractivity contribution < 1.29 is 32.5 Å². The fourth-order valence-corrected chi connectivity index (χ4v) is 1.81. The Morgan fingerprint density at radius 1 is 1.36 bits per heavy atom. The minimum Gasteiger partial charge on any atom is -0.478 e. The predicted molar refractivity (Wildman–Crippen MR) is 71.0 cm³/mol. The Bertz CT molecular complexity index is 687. The molecule has 0 atom stereocenters. The monoisotopic (exact) mass is 334 g/mol. The highest BCUT2D eigenvalue weighted by atomic mass is 32.1. The summed E-state index contributed by atoms with van der Waals surface area (Å²) in [5.41, 5.74) is -0.604. The number of rotatable bonds is 5. The van der Waals surface area contributed by atoms with Gasteiger partial charge < -0.3 is 14.6 Å². The molecule has 1 aromatic heterocycles. The van der Waals surface area contributed by atoms with Crippen molar-refractivity contribution in [3.8, 4) is 11.6 Å². The van der Waals surface area contributed by atoms with Gasteiger partial charge >= 0.3 is 12.3 Å². The van der Waals surface area contributed by atoms with Gasteiger partial charge in [0.05, 0.1) is 5.56 Å². The molecule has 0 saturated heterocycles. The van der Waals surface area contributed by atoms with E-state index in [1.807, 2.05) is 0 Å². The Labute approximate surface area is 127 Å². The van der Waals surface area contributed by atoms with Gasteiger partial charge in [-0.2, -0.15) is 0 Å². The Balaban J connectivity index is 2.30. The highest BCUT2D eigenvalue weighted by Crippen LogP contribution is 2.29. The molecule has 0 fully saturated rings. The van der Waals surface area contributed by atoms with Crippen molar-refractivity contribution in [2.75, 3.05) is 0 Å². The first-order chi connectivity index (χ1) is 10.3. The van der Waals surface area contributed by atoms with Crippen LogP contribution < -0.4 is 9.47 Å². The normalized spacial score (nSPS) is 11.3. The zero-order valence-corrected chi connectivity index (χ0v) is 11.6. The van der Waals surface area contributed by atoms with Gasteiger partial charge in [0.1, 0.15) is 12.4 Å². The first-order valence-corrected chi connectivity index (χ1v) is 6.15. The van der Waals surface area contributed by atoms with E-state index in [-0.39, 0.29) is 17.0 Å². The average Bonchev–Trinajstić information content (AvgIpc) is 2.81. The summed E-state index contributed by atoms with van der Waals surface area (Å²) in [6.45, 7) is -0.460. The third-order valence-electron chi connectivity index (χ3n) is 2.50. The summed E-state index contributed by atoms with van der Waals surface area (Å²) in [7, 11) is 0. The maximum atomic E-state index is 12.4. The van der Waals surface area contributed by atoms with E-state index in [1.54, 1.807) is 0 Å². The minimum absolute atomic E-state index is 0.0770. The number of carboxylic acid groups (broad SMARTS) is 1. The van der Waals surface area contributed by atoms with Crippen LogP contribution in [0, 0.1) is 0 Å². The van der Waals surface area contributed by atoms with Gasteiger partial charge in [0.25, 0.3) is 0 Å². The molecule has 1 heterocycles. The van der Waals surface area contributed by atoms with Gasteiger partial charge in [-0.1, -0.05) is 6.07 Å². The maximum absolute atomic E-state index is 12.4. The van der Waals surface area contributed by atoms with Crippen molar-refractivity contribution in [1.82, 2.24) is 9.19 Å². The molecule has 1 N–H and O–H groups in total. The highest BCUT2D eigenvalue weighted by Gasteiger charge is 2.33. The van der Waals surface area contributed by atoms with E-state index in [0.717, 1.165) is 22.3 Å². The first-order valence-electron chi connectivity index (χ1n) is 5.75. The molecule has 0 bridgehead atoms. The second-order valence-corrected chi connectivity index (χ2v) is 4.41. The number of hydrogen-bond donors (Lipinski definition) is 2. The number of thiol groups is 1. The van der Waals surface area contributed by atoms with E-state index in [0.29, 0.717) is 0 Å². The molecule has 2 rings (SSSR count). The molecule has 22 heavy (non-hydrogen) atoms. The highest BCUT2D eigenvalue weighted by molar-refractivity contribution is 7.78. The number of alkyl halides is 3. The number of carboxylic acids is 1. The summed E-state index contributed by atoms with van der Waals surface area (Å²) in [6.07, 6.45) is -3.51. The molecule has 0 amide bonds. The molecule has 0 radical (unpaired) electrons. The minimum atomic E-state index is -4.95. The van der Waals surface area contributed by atoms with Crippen LogP contribution in [0.5, 0.6) is 11.6 Å². The third kappa shape index (κ3) is 4.07. The van der Waals surface area contributed by atoms with Gasteiger partial charge in [-0.05, 0) is 24.9 Å². The lowest BCUT2D eigenvalue weighted by atomic mass is 10.1. The number of hydrogen-bond acceptors (Lipinski definition) is 5. The number of ether oxygens (including phenoxy) is 2. The first kappa shape index (κ1) is 16.0. The van der Waals surface area contributed by atoms with Crippen molar-refractivity contribution >= 4 is 18.8 Å². The van der Waals surface area contributed by atoms with E-state index in [4.69, 9.17) is 9.84 Å². The molecular formula is C12H9F3N2O4S. The Hall–Kier alpha value is -2.36. The third-order valence-corrected chi connectivity index (χ3v) is 2.73. The maximum Gasteiger partial charge on any atom is 0.573 e. The smallest absolute Gasteiger partial charge is 0.478 e. The fraction of sp³-hybridized carbons (Fsp3) is 0.167. The molecule has 0 spiro atoms. The number of aromatic nitrogens is 2. The van der Waals surface area contributed by atoms with Gasteiger partial charge in [0.2, 0.25) is 5.88 Å². The van der Waals surface area contributed by atoms with Crippen molar-refractivity contribution in [2.24, 2.45) is 0 Å². The predicted octanol–water partition coefficient (Wildman–Crippen LogP) is 2.75. The molecule has 0 aliphatic carbocycles. The molecule has 0 aliphatic rings. The summed E-state index contributed by atoms with van der Waals surface area (Å²) in [5, 5.41) is 12.8. The summed E-state index contributed by atoms with van der Waals surface area (Å²) in [4.78, 5) is 11.1. The van der Waals surface area contributed by atoms with Crippen LogP contribution >= 0.6 is 12.8 Å². The van der Waals surface area contributed by atoms with Gasteiger partial charge in [-0.15, -0.1) is 18.3 Å². The van der Waals surface area contributed by atoms with Gasteiger partial charge in [0, 0.05) is 17.8 Å². The number of benzene rings is 1. The number of halogens is 3. The van der Waals surface area contributed by atoms with Crippen LogP contribution in [-0.4, -0.2) is 26.6 Å². The molecule has 0 aliphatic heterocycles. The second kappa shape index (κ2) is 6.18. The zero-order chi connectivity index (χ0) is 16.3. The van der Waals surface area contributed by atoms with E-state index >= 15 is 0 Å². The molecule has 1 aromatic carbocycles. The molecular weight excluding hydrogens is 325 g/mol. The van der Waals surface area contributed by atoms with E-state index in [2.05, 4.69) is 22.7 Å². The van der Waals surface area contributed by atoms with Crippen LogP contribution in [0.2, 0.25) is 0 Å². The molecule has 10 heteroatoms. The molecule has 118 valence electrons. The summed E-state index contributed by atoms with van der Waals surface area (Å²) in [5.74, 6) is -1.96. The topological polar surface area (TPSA) is 73.6 Å². The Morgan fingerprint density at radius 2 is 2.09 bits per heavy atom. The van der Waals surface area contributed by atoms with Gasteiger partial charge in [-0.3, -0.25) is 0 Å². The van der Waals surface area contributed by atoms with E-state index < -0.39 is 24.7 Å². The SMILES string of the molecule is O=C(O)c1cccc(OC(F)(F)F)c1COc1ccn(S)n1. The van der Waals surface area contributed by atoms with Crippen LogP contribution in [0.3, 0.4) is 0 Å². The molecule has 2 aromatic rings. The van der Waals surface area contributed by atoms with E-state index in [1.165, 1.54) is 12.3 Å². The lowest BCUT2D eigenvalue weighted by Gasteiger charge is -2.15. The summed E-state index contributed by atoms with van der Waals surface area (Å²) < 4.78 is 47.3. The molecule has 0 saturated carbocycles. The van der Waals surface area contributed by atoms with Crippen LogP contribution in [0.15, 0.2) is 30.5 Å². The summed E-state index contributed by atoms with van der Waals surface area (Å²) in [6, 6.07) is 4.73. The van der Waals surface area contributed by atoms with Crippen LogP contribution in [-0.2, 0) is 6.61 Å². The van der Waals surface area contributed by atoms with Crippen molar-refractivity contribution in [3.63, 3.8) is 0 Å². The number of aromatic carboxylic acids is 1. The second-order valence-electron chi connectivity index (χ2n) is 4.00. The zero-order valence-electron chi connectivity index (χ0n) is 10.7. The van der Waals surface area contributed by atoms with Crippen molar-refractivity contribution in [2.45, 2.75) is 13.0 Å². The number of nitrogens with zero attached hydrogens (tertiary/aromatic N) is 2. The Morgan fingerprint density at radius 3 is 2.64 bits per heavy atom. The lowest BCUT2D eigenvalue weighted by molar-refractivity contribution is -0.275. The summed E-state index contributed by atoms with van der Waals surface area (Å²) >= 11 is 3.87. The number of carbonyl (C=O) groups is 1. The largest absolute Gasteiger partial charge is 0.573 e. The van der Waals surface area contributed by atoms with Gasteiger partial charge in [-0.25, -0.2) is 8.88 Å².